The summed E-state index contributed by atoms with van der Waals surface area (Å²) in [4.78, 5) is 0. The van der Waals surface area contributed by atoms with Crippen molar-refractivity contribution in [1.29, 1.82) is 0 Å². The Balaban J connectivity index is 2.06. The number of nitrogens with zero attached hydrogens (tertiary/aromatic N) is 2. The first-order chi connectivity index (χ1) is 9.75. The van der Waals surface area contributed by atoms with Gasteiger partial charge in [-0.05, 0) is 31.0 Å². The molecule has 0 aliphatic heterocycles. The number of hydrogen-bond donors (Lipinski definition) is 1. The van der Waals surface area contributed by atoms with Crippen molar-refractivity contribution in [2.45, 2.75) is 32.0 Å². The lowest BCUT2D eigenvalue weighted by Crippen LogP contribution is -2.26. The van der Waals surface area contributed by atoms with Crippen LogP contribution < -0.4 is 5.73 Å². The van der Waals surface area contributed by atoms with E-state index in [1.165, 1.54) is 6.07 Å². The molecule has 0 saturated carbocycles. The van der Waals surface area contributed by atoms with Gasteiger partial charge in [-0.1, -0.05) is 18.2 Å². The first kappa shape index (κ1) is 15.6. The van der Waals surface area contributed by atoms with Crippen LogP contribution in [0.25, 0.3) is 0 Å². The highest BCUT2D eigenvalue weighted by atomic mass is 19.4. The fraction of sp³-hybridized carbons (Fsp3) is 0.400. The van der Waals surface area contributed by atoms with Crippen molar-refractivity contribution in [2.24, 2.45) is 12.8 Å². The first-order valence-corrected chi connectivity index (χ1v) is 6.67. The van der Waals surface area contributed by atoms with Crippen molar-refractivity contribution in [3.63, 3.8) is 0 Å². The number of alkyl halides is 3. The van der Waals surface area contributed by atoms with Gasteiger partial charge < -0.3 is 5.73 Å². The van der Waals surface area contributed by atoms with Gasteiger partial charge >= 0.3 is 6.18 Å². The van der Waals surface area contributed by atoms with E-state index in [2.05, 4.69) is 5.10 Å². The van der Waals surface area contributed by atoms with Gasteiger partial charge in [0.15, 0.2) is 0 Å². The number of benzene rings is 1. The molecule has 0 saturated heterocycles. The van der Waals surface area contributed by atoms with Crippen LogP contribution in [0.15, 0.2) is 30.3 Å². The fourth-order valence-corrected chi connectivity index (χ4v) is 2.37. The van der Waals surface area contributed by atoms with Crippen LogP contribution in [0.5, 0.6) is 0 Å². The molecule has 21 heavy (non-hydrogen) atoms. The Morgan fingerprint density at radius 1 is 1.24 bits per heavy atom. The molecule has 6 heteroatoms. The van der Waals surface area contributed by atoms with Crippen molar-refractivity contribution in [1.82, 2.24) is 9.78 Å². The summed E-state index contributed by atoms with van der Waals surface area (Å²) in [5.41, 5.74) is 7.89. The Morgan fingerprint density at radius 3 is 2.52 bits per heavy atom. The van der Waals surface area contributed by atoms with Crippen molar-refractivity contribution in [3.8, 4) is 0 Å². The quantitative estimate of drug-likeness (QED) is 0.943. The van der Waals surface area contributed by atoms with Crippen LogP contribution in [-0.4, -0.2) is 15.8 Å². The second kappa shape index (κ2) is 5.89. The smallest absolute Gasteiger partial charge is 0.327 e. The second-order valence-corrected chi connectivity index (χ2v) is 5.27. The molecule has 114 valence electrons. The number of halogens is 3. The average Bonchev–Trinajstić information content (AvgIpc) is 2.67. The predicted octanol–water partition coefficient (Wildman–Crippen LogP) is 2.86. The zero-order valence-electron chi connectivity index (χ0n) is 12.0. The van der Waals surface area contributed by atoms with E-state index in [0.717, 1.165) is 23.5 Å². The van der Waals surface area contributed by atoms with E-state index in [0.29, 0.717) is 18.4 Å². The van der Waals surface area contributed by atoms with Gasteiger partial charge in [-0.3, -0.25) is 4.68 Å². The van der Waals surface area contributed by atoms with Crippen LogP contribution in [0, 0.1) is 6.92 Å². The maximum atomic E-state index is 12.7. The maximum absolute atomic E-state index is 12.7. The van der Waals surface area contributed by atoms with E-state index >= 15 is 0 Å². The average molecular weight is 297 g/mol. The molecular weight excluding hydrogens is 279 g/mol. The van der Waals surface area contributed by atoms with E-state index in [9.17, 15) is 13.2 Å². The standard InChI is InChI=1S/C15H18F3N3/c1-10-6-14(21(2)20-10)9-13(19)8-11-4-3-5-12(7-11)15(16,17)18/h3-7,13H,8-9,19H2,1-2H3. The summed E-state index contributed by atoms with van der Waals surface area (Å²) in [7, 11) is 1.83. The summed E-state index contributed by atoms with van der Waals surface area (Å²) >= 11 is 0. The zero-order chi connectivity index (χ0) is 15.6. The molecule has 1 unspecified atom stereocenters. The minimum atomic E-state index is -4.32. The number of aromatic nitrogens is 2. The van der Waals surface area contributed by atoms with Gasteiger partial charge in [0.2, 0.25) is 0 Å². The molecule has 0 amide bonds. The van der Waals surface area contributed by atoms with Crippen molar-refractivity contribution < 1.29 is 13.2 Å². The van der Waals surface area contributed by atoms with Crippen LogP contribution >= 0.6 is 0 Å². The number of hydrogen-bond acceptors (Lipinski definition) is 2. The second-order valence-electron chi connectivity index (χ2n) is 5.27. The summed E-state index contributed by atoms with van der Waals surface area (Å²) in [5.74, 6) is 0. The summed E-state index contributed by atoms with van der Waals surface area (Å²) in [6, 6.07) is 7.01. The molecule has 0 radical (unpaired) electrons. The largest absolute Gasteiger partial charge is 0.416 e. The van der Waals surface area contributed by atoms with Crippen LogP contribution in [0.1, 0.15) is 22.5 Å². The highest BCUT2D eigenvalue weighted by molar-refractivity contribution is 5.26. The van der Waals surface area contributed by atoms with E-state index < -0.39 is 11.7 Å². The van der Waals surface area contributed by atoms with Crippen molar-refractivity contribution in [3.05, 3.63) is 52.8 Å². The molecule has 1 aromatic heterocycles. The van der Waals surface area contributed by atoms with Gasteiger partial charge in [-0.2, -0.15) is 18.3 Å². The summed E-state index contributed by atoms with van der Waals surface area (Å²) in [6.07, 6.45) is -3.35. The van der Waals surface area contributed by atoms with E-state index in [-0.39, 0.29) is 6.04 Å². The molecule has 0 spiro atoms. The van der Waals surface area contributed by atoms with Gasteiger partial charge in [0.1, 0.15) is 0 Å². The Hall–Kier alpha value is -1.82. The van der Waals surface area contributed by atoms with E-state index in [1.807, 2.05) is 20.0 Å². The maximum Gasteiger partial charge on any atom is 0.416 e. The number of nitrogens with two attached hydrogens (primary N) is 1. The minimum absolute atomic E-state index is 0.247. The van der Waals surface area contributed by atoms with Crippen LogP contribution in [-0.2, 0) is 26.1 Å². The van der Waals surface area contributed by atoms with Gasteiger partial charge in [0.25, 0.3) is 0 Å². The fourth-order valence-electron chi connectivity index (χ4n) is 2.37. The molecule has 2 aromatic rings. The number of aryl methyl sites for hydroxylation is 2. The number of rotatable bonds is 4. The topological polar surface area (TPSA) is 43.8 Å². The van der Waals surface area contributed by atoms with Crippen molar-refractivity contribution in [2.75, 3.05) is 0 Å². The van der Waals surface area contributed by atoms with E-state index in [1.54, 1.807) is 10.7 Å². The molecular formula is C15H18F3N3. The molecule has 0 aliphatic rings. The highest BCUT2D eigenvalue weighted by Gasteiger charge is 2.30. The monoisotopic (exact) mass is 297 g/mol. The van der Waals surface area contributed by atoms with Gasteiger partial charge in [0, 0.05) is 25.2 Å². The Labute approximate surface area is 121 Å². The minimum Gasteiger partial charge on any atom is -0.327 e. The normalized spacial score (nSPS) is 13.4. The summed E-state index contributed by atoms with van der Waals surface area (Å²) in [6.45, 7) is 1.89. The molecule has 0 bridgehead atoms. The van der Waals surface area contributed by atoms with Crippen LogP contribution in [0.4, 0.5) is 13.2 Å². The van der Waals surface area contributed by atoms with Crippen LogP contribution in [0.3, 0.4) is 0 Å². The van der Waals surface area contributed by atoms with Gasteiger partial charge in [-0.25, -0.2) is 0 Å². The Bertz CT molecular complexity index is 617. The third-order valence-corrected chi connectivity index (χ3v) is 3.32. The van der Waals surface area contributed by atoms with Gasteiger partial charge in [-0.15, -0.1) is 0 Å². The third-order valence-electron chi connectivity index (χ3n) is 3.32. The van der Waals surface area contributed by atoms with Crippen LogP contribution in [0.2, 0.25) is 0 Å². The molecule has 3 nitrogen and oxygen atoms in total. The first-order valence-electron chi connectivity index (χ1n) is 6.67. The third kappa shape index (κ3) is 4.07. The molecule has 0 fully saturated rings. The van der Waals surface area contributed by atoms with E-state index in [4.69, 9.17) is 5.73 Å². The lowest BCUT2D eigenvalue weighted by atomic mass is 10.0. The Kier molecular flexibility index (Phi) is 4.37. The zero-order valence-corrected chi connectivity index (χ0v) is 12.0. The molecule has 0 aliphatic carbocycles. The highest BCUT2D eigenvalue weighted by Crippen LogP contribution is 2.29. The molecule has 1 atom stereocenters. The van der Waals surface area contributed by atoms with Crippen molar-refractivity contribution >= 4 is 0 Å². The SMILES string of the molecule is Cc1cc(CC(N)Cc2cccc(C(F)(F)F)c2)n(C)n1. The van der Waals surface area contributed by atoms with Gasteiger partial charge in [0.05, 0.1) is 11.3 Å². The molecule has 2 rings (SSSR count). The Morgan fingerprint density at radius 2 is 1.95 bits per heavy atom. The molecule has 2 N–H and O–H groups in total. The predicted molar refractivity (Wildman–Crippen MR) is 74.8 cm³/mol. The molecule has 1 heterocycles. The molecule has 1 aromatic carbocycles. The summed E-state index contributed by atoms with van der Waals surface area (Å²) in [5, 5.41) is 4.23. The lowest BCUT2D eigenvalue weighted by Gasteiger charge is -2.13. The summed E-state index contributed by atoms with van der Waals surface area (Å²) < 4.78 is 39.7. The lowest BCUT2D eigenvalue weighted by molar-refractivity contribution is -0.137.